The number of benzene rings is 1. The summed E-state index contributed by atoms with van der Waals surface area (Å²) in [5, 5.41) is 4.98. The Kier molecular flexibility index (Phi) is 4.38. The van der Waals surface area contributed by atoms with Gasteiger partial charge in [0.05, 0.1) is 5.52 Å². The Morgan fingerprint density at radius 1 is 1.05 bits per heavy atom. The maximum atomic E-state index is 4.61. The number of aryl methyl sites for hydroxylation is 1. The second-order valence-corrected chi connectivity index (χ2v) is 7.91. The molecule has 0 fully saturated rings. The molecule has 0 amide bonds. The number of nitrogens with one attached hydrogen (secondary N) is 1. The lowest BCUT2D eigenvalue weighted by atomic mass is 9.81. The van der Waals surface area contributed by atoms with Crippen molar-refractivity contribution in [3.63, 3.8) is 0 Å². The topological polar surface area (TPSA) is 24.9 Å². The first kappa shape index (κ1) is 16.0. The molecule has 114 valence electrons. The van der Waals surface area contributed by atoms with Crippen molar-refractivity contribution in [2.45, 2.75) is 60.0 Å². The van der Waals surface area contributed by atoms with Gasteiger partial charge < -0.3 is 5.32 Å². The molecule has 0 aliphatic carbocycles. The van der Waals surface area contributed by atoms with Crippen LogP contribution in [0.25, 0.3) is 10.9 Å². The first-order chi connectivity index (χ1) is 9.66. The molecule has 21 heavy (non-hydrogen) atoms. The Labute approximate surface area is 129 Å². The van der Waals surface area contributed by atoms with Gasteiger partial charge in [0.1, 0.15) is 0 Å². The highest BCUT2D eigenvalue weighted by molar-refractivity contribution is 5.82. The number of hydrogen-bond acceptors (Lipinski definition) is 2. The van der Waals surface area contributed by atoms with E-state index in [0.717, 1.165) is 24.2 Å². The Balaban J connectivity index is 2.20. The molecule has 0 spiro atoms. The Morgan fingerprint density at radius 2 is 1.71 bits per heavy atom. The molecular formula is C19H28N2. The average molecular weight is 284 g/mol. The third kappa shape index (κ3) is 4.53. The molecule has 0 radical (unpaired) electrons. The molecule has 2 nitrogen and oxygen atoms in total. The standard InChI is InChI=1S/C19H28N2/c1-14-11-15(16-9-7-8-10-17(16)21-14)12-20-19(5,6)13-18(2,3)4/h7-11,20H,12-13H2,1-6H3. The van der Waals surface area contributed by atoms with Gasteiger partial charge in [-0.1, -0.05) is 39.0 Å². The second-order valence-electron chi connectivity index (χ2n) is 7.91. The predicted octanol–water partition coefficient (Wildman–Crippen LogP) is 4.85. The highest BCUT2D eigenvalue weighted by Gasteiger charge is 2.24. The fourth-order valence-electron chi connectivity index (χ4n) is 3.26. The zero-order chi connectivity index (χ0) is 15.7. The van der Waals surface area contributed by atoms with E-state index in [1.54, 1.807) is 0 Å². The smallest absolute Gasteiger partial charge is 0.0708 e. The molecule has 0 bridgehead atoms. The van der Waals surface area contributed by atoms with E-state index in [0.29, 0.717) is 5.41 Å². The zero-order valence-electron chi connectivity index (χ0n) is 14.2. The molecular weight excluding hydrogens is 256 g/mol. The van der Waals surface area contributed by atoms with E-state index < -0.39 is 0 Å². The maximum Gasteiger partial charge on any atom is 0.0708 e. The van der Waals surface area contributed by atoms with Gasteiger partial charge >= 0.3 is 0 Å². The molecule has 1 aromatic carbocycles. The van der Waals surface area contributed by atoms with E-state index in [1.165, 1.54) is 10.9 Å². The minimum absolute atomic E-state index is 0.122. The normalized spacial score (nSPS) is 12.9. The SMILES string of the molecule is Cc1cc(CNC(C)(C)CC(C)(C)C)c2ccccc2n1. The third-order valence-corrected chi connectivity index (χ3v) is 3.66. The van der Waals surface area contributed by atoms with E-state index in [9.17, 15) is 0 Å². The van der Waals surface area contributed by atoms with Crippen LogP contribution < -0.4 is 5.32 Å². The van der Waals surface area contributed by atoms with Crippen molar-refractivity contribution < 1.29 is 0 Å². The molecule has 2 heteroatoms. The number of fused-ring (bicyclic) bond motifs is 1. The molecule has 2 rings (SSSR count). The Hall–Kier alpha value is -1.41. The van der Waals surface area contributed by atoms with Crippen molar-refractivity contribution in [3.8, 4) is 0 Å². The van der Waals surface area contributed by atoms with Crippen molar-refractivity contribution in [2.75, 3.05) is 0 Å². The first-order valence-corrected chi connectivity index (χ1v) is 7.77. The van der Waals surface area contributed by atoms with Crippen LogP contribution in [0.3, 0.4) is 0 Å². The first-order valence-electron chi connectivity index (χ1n) is 7.77. The summed E-state index contributed by atoms with van der Waals surface area (Å²) in [5.74, 6) is 0. The van der Waals surface area contributed by atoms with Gasteiger partial charge in [0.2, 0.25) is 0 Å². The lowest BCUT2D eigenvalue weighted by Gasteiger charge is -2.33. The molecule has 1 aromatic heterocycles. The number of aromatic nitrogens is 1. The monoisotopic (exact) mass is 284 g/mol. The van der Waals surface area contributed by atoms with Crippen LogP contribution >= 0.6 is 0 Å². The lowest BCUT2D eigenvalue weighted by molar-refractivity contribution is 0.241. The highest BCUT2D eigenvalue weighted by Crippen LogP contribution is 2.27. The fourth-order valence-corrected chi connectivity index (χ4v) is 3.26. The van der Waals surface area contributed by atoms with E-state index in [2.05, 4.69) is 82.2 Å². The number of nitrogens with zero attached hydrogens (tertiary/aromatic N) is 1. The summed E-state index contributed by atoms with van der Waals surface area (Å²) in [6.45, 7) is 14.4. The molecule has 0 unspecified atom stereocenters. The summed E-state index contributed by atoms with van der Waals surface area (Å²) < 4.78 is 0. The van der Waals surface area contributed by atoms with Crippen LogP contribution in [0.4, 0.5) is 0 Å². The molecule has 1 heterocycles. The van der Waals surface area contributed by atoms with Crippen LogP contribution in [-0.4, -0.2) is 10.5 Å². The summed E-state index contributed by atoms with van der Waals surface area (Å²) >= 11 is 0. The van der Waals surface area contributed by atoms with Crippen LogP contribution in [0, 0.1) is 12.3 Å². The van der Waals surface area contributed by atoms with Crippen LogP contribution in [0.5, 0.6) is 0 Å². The molecule has 0 atom stereocenters. The van der Waals surface area contributed by atoms with E-state index in [4.69, 9.17) is 0 Å². The van der Waals surface area contributed by atoms with Crippen molar-refractivity contribution in [3.05, 3.63) is 41.6 Å². The van der Waals surface area contributed by atoms with Gasteiger partial charge in [-0.05, 0) is 50.3 Å². The lowest BCUT2D eigenvalue weighted by Crippen LogP contribution is -2.41. The molecule has 2 aromatic rings. The summed E-state index contributed by atoms with van der Waals surface area (Å²) in [7, 11) is 0. The van der Waals surface area contributed by atoms with E-state index >= 15 is 0 Å². The second kappa shape index (κ2) is 5.76. The third-order valence-electron chi connectivity index (χ3n) is 3.66. The van der Waals surface area contributed by atoms with Gasteiger partial charge in [-0.15, -0.1) is 0 Å². The van der Waals surface area contributed by atoms with Crippen molar-refractivity contribution >= 4 is 10.9 Å². The van der Waals surface area contributed by atoms with Gasteiger partial charge in [-0.3, -0.25) is 4.98 Å². The number of rotatable bonds is 4. The van der Waals surface area contributed by atoms with Crippen molar-refractivity contribution in [1.82, 2.24) is 10.3 Å². The van der Waals surface area contributed by atoms with Crippen LogP contribution in [0.2, 0.25) is 0 Å². The molecule has 1 N–H and O–H groups in total. The highest BCUT2D eigenvalue weighted by atomic mass is 15.0. The zero-order valence-corrected chi connectivity index (χ0v) is 14.2. The van der Waals surface area contributed by atoms with Gasteiger partial charge in [-0.25, -0.2) is 0 Å². The minimum Gasteiger partial charge on any atom is -0.308 e. The van der Waals surface area contributed by atoms with Crippen LogP contribution in [0.1, 0.15) is 52.3 Å². The molecule has 0 saturated heterocycles. The maximum absolute atomic E-state index is 4.61. The number of para-hydroxylation sites is 1. The van der Waals surface area contributed by atoms with Crippen molar-refractivity contribution in [2.24, 2.45) is 5.41 Å². The quantitative estimate of drug-likeness (QED) is 0.868. The number of hydrogen-bond donors (Lipinski definition) is 1. The summed E-state index contributed by atoms with van der Waals surface area (Å²) in [5.41, 5.74) is 3.95. The average Bonchev–Trinajstić information content (AvgIpc) is 2.33. The Bertz CT molecular complexity index is 621. The van der Waals surface area contributed by atoms with Gasteiger partial charge in [0.25, 0.3) is 0 Å². The fraction of sp³-hybridized carbons (Fsp3) is 0.526. The van der Waals surface area contributed by atoms with E-state index in [1.807, 2.05) is 0 Å². The van der Waals surface area contributed by atoms with Gasteiger partial charge in [0.15, 0.2) is 0 Å². The van der Waals surface area contributed by atoms with Crippen LogP contribution in [0.15, 0.2) is 30.3 Å². The summed E-state index contributed by atoms with van der Waals surface area (Å²) in [4.78, 5) is 4.61. The van der Waals surface area contributed by atoms with Gasteiger partial charge in [-0.2, -0.15) is 0 Å². The van der Waals surface area contributed by atoms with Crippen LogP contribution in [-0.2, 0) is 6.54 Å². The molecule has 0 aliphatic heterocycles. The minimum atomic E-state index is 0.122. The molecule has 0 saturated carbocycles. The summed E-state index contributed by atoms with van der Waals surface area (Å²) in [6.07, 6.45) is 1.14. The summed E-state index contributed by atoms with van der Waals surface area (Å²) in [6, 6.07) is 10.6. The number of pyridine rings is 1. The predicted molar refractivity (Wildman–Crippen MR) is 91.5 cm³/mol. The van der Waals surface area contributed by atoms with Gasteiger partial charge in [0, 0.05) is 23.2 Å². The Morgan fingerprint density at radius 3 is 2.38 bits per heavy atom. The largest absolute Gasteiger partial charge is 0.308 e. The van der Waals surface area contributed by atoms with Crippen molar-refractivity contribution in [1.29, 1.82) is 0 Å². The molecule has 0 aliphatic rings. The van der Waals surface area contributed by atoms with E-state index in [-0.39, 0.29) is 5.54 Å².